The van der Waals surface area contributed by atoms with Crippen molar-refractivity contribution in [2.75, 3.05) is 13.1 Å². The molecule has 1 aliphatic heterocycles. The van der Waals surface area contributed by atoms with Gasteiger partial charge >= 0.3 is 16.3 Å². The van der Waals surface area contributed by atoms with Crippen LogP contribution in [0.3, 0.4) is 0 Å². The number of amides is 2. The third-order valence-electron chi connectivity index (χ3n) is 4.35. The molecule has 0 radical (unpaired) electrons. The molecule has 8 nitrogen and oxygen atoms in total. The molecule has 0 aromatic rings. The van der Waals surface area contributed by atoms with Crippen molar-refractivity contribution in [3.8, 4) is 0 Å². The van der Waals surface area contributed by atoms with Gasteiger partial charge in [0.15, 0.2) is 0 Å². The fourth-order valence-electron chi connectivity index (χ4n) is 3.00. The van der Waals surface area contributed by atoms with Crippen LogP contribution in [-0.4, -0.2) is 49.0 Å². The number of ether oxygens (including phenoxy) is 1. The first kappa shape index (κ1) is 19.0. The third kappa shape index (κ3) is 4.18. The van der Waals surface area contributed by atoms with Crippen LogP contribution in [-0.2, 0) is 19.7 Å². The molecule has 1 heterocycles. The molecule has 0 bridgehead atoms. The summed E-state index contributed by atoms with van der Waals surface area (Å²) < 4.78 is 33.1. The molecule has 2 amide bonds. The van der Waals surface area contributed by atoms with E-state index in [9.17, 15) is 18.0 Å². The second kappa shape index (κ2) is 6.51. The van der Waals surface area contributed by atoms with Crippen LogP contribution in [0, 0.1) is 5.92 Å². The molecule has 9 heteroatoms. The van der Waals surface area contributed by atoms with E-state index in [1.807, 2.05) is 6.92 Å². The van der Waals surface area contributed by atoms with Gasteiger partial charge in [-0.2, -0.15) is 12.7 Å². The Kier molecular flexibility index (Phi) is 5.15. The van der Waals surface area contributed by atoms with Crippen LogP contribution in [0.2, 0.25) is 0 Å². The van der Waals surface area contributed by atoms with E-state index in [-0.39, 0.29) is 5.92 Å². The van der Waals surface area contributed by atoms with E-state index in [2.05, 4.69) is 10.0 Å². The molecule has 1 saturated carbocycles. The topological polar surface area (TPSA) is 105 Å². The first-order valence-corrected chi connectivity index (χ1v) is 9.77. The minimum absolute atomic E-state index is 0.0983. The summed E-state index contributed by atoms with van der Waals surface area (Å²) in [5.41, 5.74) is -1.90. The monoisotopic (exact) mass is 361 g/mol. The highest BCUT2D eigenvalue weighted by atomic mass is 32.2. The van der Waals surface area contributed by atoms with Crippen molar-refractivity contribution in [3.63, 3.8) is 0 Å². The molecule has 2 N–H and O–H groups in total. The van der Waals surface area contributed by atoms with Gasteiger partial charge < -0.3 is 10.1 Å². The van der Waals surface area contributed by atoms with Gasteiger partial charge in [0.2, 0.25) is 0 Å². The van der Waals surface area contributed by atoms with E-state index >= 15 is 0 Å². The van der Waals surface area contributed by atoms with Crippen molar-refractivity contribution in [1.82, 2.24) is 14.3 Å². The summed E-state index contributed by atoms with van der Waals surface area (Å²) in [6.45, 7) is 7.88. The van der Waals surface area contributed by atoms with Crippen molar-refractivity contribution in [3.05, 3.63) is 0 Å². The maximum Gasteiger partial charge on any atom is 0.408 e. The van der Waals surface area contributed by atoms with E-state index in [1.54, 1.807) is 20.8 Å². The Morgan fingerprint density at radius 2 is 1.83 bits per heavy atom. The zero-order valence-corrected chi connectivity index (χ0v) is 15.5. The Hall–Kier alpha value is -1.35. The summed E-state index contributed by atoms with van der Waals surface area (Å²) in [6.07, 6.45) is 1.92. The number of carbonyl (C=O) groups excluding carboxylic acids is 2. The third-order valence-corrected chi connectivity index (χ3v) is 5.84. The van der Waals surface area contributed by atoms with E-state index in [0.717, 1.165) is 12.8 Å². The Morgan fingerprint density at radius 3 is 2.29 bits per heavy atom. The maximum absolute atomic E-state index is 12.6. The van der Waals surface area contributed by atoms with E-state index in [4.69, 9.17) is 4.74 Å². The number of rotatable bonds is 5. The molecule has 0 aromatic carbocycles. The van der Waals surface area contributed by atoms with Crippen molar-refractivity contribution in [2.24, 2.45) is 5.92 Å². The fourth-order valence-corrected chi connectivity index (χ4v) is 4.28. The first-order chi connectivity index (χ1) is 11.0. The van der Waals surface area contributed by atoms with Crippen molar-refractivity contribution in [2.45, 2.75) is 64.5 Å². The summed E-state index contributed by atoms with van der Waals surface area (Å²) in [5.74, 6) is -0.786. The predicted octanol–water partition coefficient (Wildman–Crippen LogP) is 1.14. The van der Waals surface area contributed by atoms with Crippen molar-refractivity contribution in [1.29, 1.82) is 0 Å². The Bertz CT molecular complexity index is 607. The summed E-state index contributed by atoms with van der Waals surface area (Å²) in [5, 5.41) is 2.58. The molecule has 2 fully saturated rings. The van der Waals surface area contributed by atoms with E-state index < -0.39 is 33.3 Å². The normalized spacial score (nSPS) is 27.6. The van der Waals surface area contributed by atoms with Gasteiger partial charge in [-0.3, -0.25) is 4.79 Å². The van der Waals surface area contributed by atoms with Crippen LogP contribution in [0.4, 0.5) is 4.79 Å². The highest BCUT2D eigenvalue weighted by Gasteiger charge is 2.61. The lowest BCUT2D eigenvalue weighted by atomic mass is 10.1. The fraction of sp³-hybridized carbons (Fsp3) is 0.867. The molecule has 24 heavy (non-hydrogen) atoms. The molecule has 1 saturated heterocycles. The van der Waals surface area contributed by atoms with Crippen LogP contribution < -0.4 is 10.0 Å². The summed E-state index contributed by atoms with van der Waals surface area (Å²) in [6, 6.07) is 0. The standard InChI is InChI=1S/C15H27N3O5S/c1-5-11-10-15(11,16-13(20)23-14(2,3)4)12(19)17-24(21,22)18-8-6-7-9-18/h11H,5-10H2,1-4H3,(H,16,20)(H,17,19)/t11-,15-/m1/s1. The van der Waals surface area contributed by atoms with Crippen LogP contribution in [0.5, 0.6) is 0 Å². The van der Waals surface area contributed by atoms with Crippen LogP contribution in [0.15, 0.2) is 0 Å². The highest BCUT2D eigenvalue weighted by Crippen LogP contribution is 2.46. The lowest BCUT2D eigenvalue weighted by Crippen LogP contribution is -2.55. The number of nitrogens with one attached hydrogen (secondary N) is 2. The SMILES string of the molecule is CC[C@@H]1C[C@]1(NC(=O)OC(C)(C)C)C(=O)NS(=O)(=O)N1CCCC1. The van der Waals surface area contributed by atoms with Gasteiger partial charge in [-0.15, -0.1) is 0 Å². The van der Waals surface area contributed by atoms with E-state index in [0.29, 0.717) is 25.9 Å². The molecule has 138 valence electrons. The van der Waals surface area contributed by atoms with Crippen LogP contribution >= 0.6 is 0 Å². The van der Waals surface area contributed by atoms with Crippen LogP contribution in [0.25, 0.3) is 0 Å². The lowest BCUT2D eigenvalue weighted by molar-refractivity contribution is -0.122. The Balaban J connectivity index is 2.07. The van der Waals surface area contributed by atoms with Gasteiger partial charge in [0.25, 0.3) is 5.91 Å². The first-order valence-electron chi connectivity index (χ1n) is 8.33. The molecule has 0 aromatic heterocycles. The lowest BCUT2D eigenvalue weighted by Gasteiger charge is -2.24. The predicted molar refractivity (Wildman–Crippen MR) is 88.4 cm³/mol. The molecule has 2 atom stereocenters. The molecule has 0 spiro atoms. The molecule has 2 rings (SSSR count). The van der Waals surface area contributed by atoms with Crippen LogP contribution in [0.1, 0.15) is 53.4 Å². The van der Waals surface area contributed by atoms with Crippen molar-refractivity contribution < 1.29 is 22.7 Å². The van der Waals surface area contributed by atoms with Gasteiger partial charge in [0.1, 0.15) is 11.1 Å². The molecule has 0 unspecified atom stereocenters. The summed E-state index contributed by atoms with van der Waals surface area (Å²) in [7, 11) is -3.86. The van der Waals surface area contributed by atoms with Gasteiger partial charge in [-0.1, -0.05) is 13.3 Å². The zero-order valence-electron chi connectivity index (χ0n) is 14.7. The highest BCUT2D eigenvalue weighted by molar-refractivity contribution is 7.87. The molecule has 2 aliphatic rings. The average molecular weight is 361 g/mol. The zero-order chi connectivity index (χ0) is 18.2. The number of hydrogen-bond donors (Lipinski definition) is 2. The smallest absolute Gasteiger partial charge is 0.408 e. The number of alkyl carbamates (subject to hydrolysis) is 1. The second-order valence-electron chi connectivity index (χ2n) is 7.45. The van der Waals surface area contributed by atoms with Gasteiger partial charge in [0, 0.05) is 13.1 Å². The maximum atomic E-state index is 12.6. The summed E-state index contributed by atoms with van der Waals surface area (Å²) in [4.78, 5) is 24.6. The minimum atomic E-state index is -3.86. The van der Waals surface area contributed by atoms with Gasteiger partial charge in [-0.05, 0) is 46.0 Å². The molecular weight excluding hydrogens is 334 g/mol. The van der Waals surface area contributed by atoms with Crippen molar-refractivity contribution >= 4 is 22.2 Å². The second-order valence-corrected chi connectivity index (χ2v) is 9.12. The number of carbonyl (C=O) groups is 2. The van der Waals surface area contributed by atoms with Gasteiger partial charge in [0.05, 0.1) is 0 Å². The summed E-state index contributed by atoms with van der Waals surface area (Å²) >= 11 is 0. The largest absolute Gasteiger partial charge is 0.444 e. The molecule has 1 aliphatic carbocycles. The molecular formula is C15H27N3O5S. The quantitative estimate of drug-likeness (QED) is 0.764. The number of hydrogen-bond acceptors (Lipinski definition) is 5. The van der Waals surface area contributed by atoms with E-state index in [1.165, 1.54) is 4.31 Å². The Morgan fingerprint density at radius 1 is 1.25 bits per heavy atom. The van der Waals surface area contributed by atoms with Gasteiger partial charge in [-0.25, -0.2) is 9.52 Å². The Labute approximate surface area is 143 Å². The average Bonchev–Trinajstić information content (AvgIpc) is 2.87. The minimum Gasteiger partial charge on any atom is -0.444 e. The number of nitrogens with zero attached hydrogens (tertiary/aromatic N) is 1.